The molecule has 0 aromatic heterocycles. The fourth-order valence-corrected chi connectivity index (χ4v) is 3.88. The van der Waals surface area contributed by atoms with Crippen LogP contribution < -0.4 is 4.74 Å². The molecular formula is C20H31N3O2. The van der Waals surface area contributed by atoms with Gasteiger partial charge in [-0.3, -0.25) is 9.69 Å². The average Bonchev–Trinajstić information content (AvgIpc) is 2.65. The van der Waals surface area contributed by atoms with Crippen LogP contribution >= 0.6 is 0 Å². The molecule has 5 nitrogen and oxygen atoms in total. The summed E-state index contributed by atoms with van der Waals surface area (Å²) in [5, 5.41) is 0. The van der Waals surface area contributed by atoms with Gasteiger partial charge in [0.25, 0.3) is 0 Å². The van der Waals surface area contributed by atoms with E-state index in [2.05, 4.69) is 16.8 Å². The van der Waals surface area contributed by atoms with Gasteiger partial charge in [-0.2, -0.15) is 0 Å². The number of benzene rings is 1. The van der Waals surface area contributed by atoms with Crippen molar-refractivity contribution in [1.29, 1.82) is 0 Å². The maximum Gasteiger partial charge on any atom is 0.227 e. The van der Waals surface area contributed by atoms with Crippen LogP contribution in [-0.4, -0.2) is 80.1 Å². The number of methoxy groups -OCH3 is 1. The molecule has 1 unspecified atom stereocenters. The summed E-state index contributed by atoms with van der Waals surface area (Å²) in [6, 6.07) is 8.48. The van der Waals surface area contributed by atoms with Gasteiger partial charge in [-0.15, -0.1) is 0 Å². The number of carbonyl (C=O) groups excluding carboxylic acids is 1. The number of piperazine rings is 1. The van der Waals surface area contributed by atoms with Gasteiger partial charge >= 0.3 is 0 Å². The number of rotatable bonds is 5. The predicted molar refractivity (Wildman–Crippen MR) is 100.0 cm³/mol. The molecule has 2 fully saturated rings. The number of likely N-dealkylation sites (tertiary alicyclic amines) is 1. The van der Waals surface area contributed by atoms with Crippen LogP contribution in [0.4, 0.5) is 0 Å². The molecule has 1 atom stereocenters. The molecule has 0 saturated carbocycles. The summed E-state index contributed by atoms with van der Waals surface area (Å²) in [6.07, 6.45) is 4.48. The second kappa shape index (κ2) is 8.68. The summed E-state index contributed by atoms with van der Waals surface area (Å²) in [7, 11) is 3.91. The Morgan fingerprint density at radius 1 is 1.08 bits per heavy atom. The standard InChI is InChI=1S/C20H31N3O2/c1-21-10-4-3-5-18(21)16-22-11-13-23(14-12-22)20(24)15-17-6-8-19(25-2)9-7-17/h6-9,18H,3-5,10-16H2,1-2H3. The molecule has 0 spiro atoms. The molecule has 138 valence electrons. The lowest BCUT2D eigenvalue weighted by Gasteiger charge is -2.40. The lowest BCUT2D eigenvalue weighted by molar-refractivity contribution is -0.132. The minimum Gasteiger partial charge on any atom is -0.497 e. The Morgan fingerprint density at radius 3 is 2.44 bits per heavy atom. The smallest absolute Gasteiger partial charge is 0.227 e. The van der Waals surface area contributed by atoms with E-state index in [0.717, 1.165) is 44.0 Å². The summed E-state index contributed by atoms with van der Waals surface area (Å²) >= 11 is 0. The highest BCUT2D eigenvalue weighted by molar-refractivity contribution is 5.78. The van der Waals surface area contributed by atoms with Gasteiger partial charge in [0.05, 0.1) is 13.5 Å². The monoisotopic (exact) mass is 345 g/mol. The second-order valence-electron chi connectivity index (χ2n) is 7.34. The molecule has 5 heteroatoms. The van der Waals surface area contributed by atoms with E-state index in [4.69, 9.17) is 4.74 Å². The number of hydrogen-bond acceptors (Lipinski definition) is 4. The number of hydrogen-bond donors (Lipinski definition) is 0. The number of carbonyl (C=O) groups is 1. The van der Waals surface area contributed by atoms with E-state index in [9.17, 15) is 4.79 Å². The minimum absolute atomic E-state index is 0.236. The fourth-order valence-electron chi connectivity index (χ4n) is 3.88. The molecule has 1 aromatic rings. The van der Waals surface area contributed by atoms with Gasteiger partial charge in [0.15, 0.2) is 0 Å². The lowest BCUT2D eigenvalue weighted by Crippen LogP contribution is -2.53. The Labute approximate surface area is 151 Å². The fraction of sp³-hybridized carbons (Fsp3) is 0.650. The van der Waals surface area contributed by atoms with Gasteiger partial charge in [0.2, 0.25) is 5.91 Å². The molecule has 0 aliphatic carbocycles. The number of likely N-dealkylation sites (N-methyl/N-ethyl adjacent to an activating group) is 1. The van der Waals surface area contributed by atoms with Crippen molar-refractivity contribution < 1.29 is 9.53 Å². The third-order valence-corrected chi connectivity index (χ3v) is 5.63. The number of amides is 1. The van der Waals surface area contributed by atoms with Crippen LogP contribution in [0.15, 0.2) is 24.3 Å². The van der Waals surface area contributed by atoms with Crippen LogP contribution in [0.3, 0.4) is 0 Å². The van der Waals surface area contributed by atoms with Crippen molar-refractivity contribution in [2.75, 3.05) is 53.4 Å². The van der Waals surface area contributed by atoms with Crippen molar-refractivity contribution in [3.05, 3.63) is 29.8 Å². The van der Waals surface area contributed by atoms with Crippen LogP contribution in [0, 0.1) is 0 Å². The molecule has 2 heterocycles. The highest BCUT2D eigenvalue weighted by Crippen LogP contribution is 2.17. The molecule has 2 aliphatic rings. The van der Waals surface area contributed by atoms with Crippen molar-refractivity contribution in [3.63, 3.8) is 0 Å². The van der Waals surface area contributed by atoms with E-state index < -0.39 is 0 Å². The zero-order valence-corrected chi connectivity index (χ0v) is 15.6. The van der Waals surface area contributed by atoms with E-state index >= 15 is 0 Å². The first-order valence-electron chi connectivity index (χ1n) is 9.49. The van der Waals surface area contributed by atoms with Crippen molar-refractivity contribution in [3.8, 4) is 5.75 Å². The van der Waals surface area contributed by atoms with Gasteiger partial charge < -0.3 is 14.5 Å². The molecule has 1 aromatic carbocycles. The summed E-state index contributed by atoms with van der Waals surface area (Å²) in [6.45, 7) is 6.08. The van der Waals surface area contributed by atoms with Crippen molar-refractivity contribution >= 4 is 5.91 Å². The molecule has 2 aliphatic heterocycles. The molecule has 1 amide bonds. The Morgan fingerprint density at radius 2 is 1.80 bits per heavy atom. The highest BCUT2D eigenvalue weighted by atomic mass is 16.5. The first-order chi connectivity index (χ1) is 12.2. The summed E-state index contributed by atoms with van der Waals surface area (Å²) in [4.78, 5) is 19.6. The van der Waals surface area contributed by atoms with Crippen molar-refractivity contribution in [2.24, 2.45) is 0 Å². The normalized spacial score (nSPS) is 22.8. The minimum atomic E-state index is 0.236. The van der Waals surface area contributed by atoms with Crippen molar-refractivity contribution in [1.82, 2.24) is 14.7 Å². The number of nitrogens with zero attached hydrogens (tertiary/aromatic N) is 3. The highest BCUT2D eigenvalue weighted by Gasteiger charge is 2.25. The predicted octanol–water partition coefficient (Wildman–Crippen LogP) is 1.87. The van der Waals surface area contributed by atoms with E-state index in [1.165, 1.54) is 25.8 Å². The summed E-state index contributed by atoms with van der Waals surface area (Å²) in [5.74, 6) is 1.07. The van der Waals surface area contributed by atoms with E-state index in [0.29, 0.717) is 12.5 Å². The van der Waals surface area contributed by atoms with Crippen LogP contribution in [-0.2, 0) is 11.2 Å². The van der Waals surface area contributed by atoms with Crippen LogP contribution in [0.1, 0.15) is 24.8 Å². The summed E-state index contributed by atoms with van der Waals surface area (Å²) < 4.78 is 5.17. The van der Waals surface area contributed by atoms with Crippen LogP contribution in [0.25, 0.3) is 0 Å². The van der Waals surface area contributed by atoms with Gasteiger partial charge in [0, 0.05) is 38.8 Å². The Kier molecular flexibility index (Phi) is 6.32. The molecule has 0 radical (unpaired) electrons. The SMILES string of the molecule is COc1ccc(CC(=O)N2CCN(CC3CCCCN3C)CC2)cc1. The van der Waals surface area contributed by atoms with E-state index in [-0.39, 0.29) is 5.91 Å². The second-order valence-corrected chi connectivity index (χ2v) is 7.34. The Hall–Kier alpha value is -1.59. The summed E-state index contributed by atoms with van der Waals surface area (Å²) in [5.41, 5.74) is 1.05. The van der Waals surface area contributed by atoms with Gasteiger partial charge in [0.1, 0.15) is 5.75 Å². The topological polar surface area (TPSA) is 36.0 Å². The maximum atomic E-state index is 12.5. The first kappa shape index (κ1) is 18.2. The van der Waals surface area contributed by atoms with E-state index in [1.807, 2.05) is 29.2 Å². The maximum absolute atomic E-state index is 12.5. The quantitative estimate of drug-likeness (QED) is 0.816. The molecule has 0 N–H and O–H groups in total. The van der Waals surface area contributed by atoms with Gasteiger partial charge in [-0.25, -0.2) is 0 Å². The molecule has 0 bridgehead atoms. The molecule has 3 rings (SSSR count). The molecule has 25 heavy (non-hydrogen) atoms. The lowest BCUT2D eigenvalue weighted by atomic mass is 10.0. The Bertz CT molecular complexity index is 553. The largest absolute Gasteiger partial charge is 0.497 e. The first-order valence-corrected chi connectivity index (χ1v) is 9.49. The molecular weight excluding hydrogens is 314 g/mol. The zero-order chi connectivity index (χ0) is 17.6. The van der Waals surface area contributed by atoms with Gasteiger partial charge in [-0.1, -0.05) is 18.6 Å². The third-order valence-electron chi connectivity index (χ3n) is 5.63. The average molecular weight is 345 g/mol. The number of piperidine rings is 1. The van der Waals surface area contributed by atoms with Crippen molar-refractivity contribution in [2.45, 2.75) is 31.7 Å². The Balaban J connectivity index is 1.44. The zero-order valence-electron chi connectivity index (χ0n) is 15.6. The molecule has 2 saturated heterocycles. The number of ether oxygens (including phenoxy) is 1. The van der Waals surface area contributed by atoms with E-state index in [1.54, 1.807) is 7.11 Å². The van der Waals surface area contributed by atoms with Crippen LogP contribution in [0.5, 0.6) is 5.75 Å². The van der Waals surface area contributed by atoms with Gasteiger partial charge in [-0.05, 0) is 44.1 Å². The van der Waals surface area contributed by atoms with Crippen LogP contribution in [0.2, 0.25) is 0 Å². The third kappa shape index (κ3) is 4.95.